The zero-order chi connectivity index (χ0) is 22.5. The second kappa shape index (κ2) is 9.64. The number of nitrogens with zero attached hydrogens (tertiary/aromatic N) is 2. The molecule has 8 nitrogen and oxygen atoms in total. The molecule has 168 valence electrons. The van der Waals surface area contributed by atoms with Crippen molar-refractivity contribution in [2.45, 2.75) is 18.9 Å². The zero-order valence-corrected chi connectivity index (χ0v) is 18.6. The Morgan fingerprint density at radius 1 is 1.06 bits per heavy atom. The summed E-state index contributed by atoms with van der Waals surface area (Å²) in [6, 6.07) is 15.5. The fourth-order valence-electron chi connectivity index (χ4n) is 4.02. The van der Waals surface area contributed by atoms with Crippen molar-refractivity contribution in [2.75, 3.05) is 39.3 Å². The molecule has 0 spiro atoms. The molecule has 32 heavy (non-hydrogen) atoms. The summed E-state index contributed by atoms with van der Waals surface area (Å²) < 4.78 is 16.1. The first-order chi connectivity index (χ1) is 15.6. The van der Waals surface area contributed by atoms with Crippen molar-refractivity contribution in [1.29, 1.82) is 0 Å². The van der Waals surface area contributed by atoms with Crippen molar-refractivity contribution in [3.05, 3.63) is 54.1 Å². The fraction of sp³-hybridized carbons (Fsp3) is 0.333. The average molecular weight is 437 g/mol. The normalized spacial score (nSPS) is 15.8. The number of hydrogen-bond acceptors (Lipinski definition) is 6. The van der Waals surface area contributed by atoms with Crippen LogP contribution in [-0.2, 0) is 0 Å². The summed E-state index contributed by atoms with van der Waals surface area (Å²) in [6.07, 6.45) is 1.87. The number of carbonyl (C=O) groups excluding carboxylic acids is 1. The third kappa shape index (κ3) is 4.49. The number of nitrogens with one attached hydrogen (secondary N) is 2. The van der Waals surface area contributed by atoms with Gasteiger partial charge in [0, 0.05) is 30.8 Å². The molecule has 3 aromatic rings. The van der Waals surface area contributed by atoms with Crippen LogP contribution in [0.2, 0.25) is 0 Å². The molecule has 1 saturated heterocycles. The van der Waals surface area contributed by atoms with Gasteiger partial charge in [-0.05, 0) is 30.5 Å². The second-order valence-corrected chi connectivity index (χ2v) is 7.68. The Morgan fingerprint density at radius 2 is 1.78 bits per heavy atom. The predicted octanol–water partition coefficient (Wildman–Crippen LogP) is 3.50. The lowest BCUT2D eigenvalue weighted by molar-refractivity contribution is 0.0932. The Kier molecular flexibility index (Phi) is 6.49. The number of carbonyl (C=O) groups is 1. The van der Waals surface area contributed by atoms with Crippen LogP contribution in [0, 0.1) is 0 Å². The topological polar surface area (TPSA) is 88.7 Å². The lowest BCUT2D eigenvalue weighted by Crippen LogP contribution is -2.48. The van der Waals surface area contributed by atoms with Gasteiger partial charge in [0.2, 0.25) is 5.75 Å². The van der Waals surface area contributed by atoms with Crippen LogP contribution in [0.3, 0.4) is 0 Å². The van der Waals surface area contributed by atoms with Crippen LogP contribution >= 0.6 is 0 Å². The van der Waals surface area contributed by atoms with Crippen LogP contribution in [0.15, 0.2) is 48.5 Å². The maximum Gasteiger partial charge on any atom is 0.251 e. The molecule has 0 radical (unpaired) electrons. The standard InChI is InChI=1S/C24H28N4O4/c1-30-20-12-17(13-21(31-2)23(20)32-3)24(29)25-18-10-7-11-28(15-18)22-14-19(26-27-22)16-8-5-4-6-9-16/h4-6,8-9,12-14,18H,7,10-11,15H2,1-3H3,(H,25,29)(H,26,27)/t18-/m0/s1. The van der Waals surface area contributed by atoms with Gasteiger partial charge in [-0.15, -0.1) is 0 Å². The molecule has 2 N–H and O–H groups in total. The maximum absolute atomic E-state index is 13.0. The lowest BCUT2D eigenvalue weighted by Gasteiger charge is -2.33. The lowest BCUT2D eigenvalue weighted by atomic mass is 10.0. The molecule has 8 heteroatoms. The fourth-order valence-corrected chi connectivity index (χ4v) is 4.02. The molecule has 1 atom stereocenters. The summed E-state index contributed by atoms with van der Waals surface area (Å²) >= 11 is 0. The number of rotatable bonds is 7. The van der Waals surface area contributed by atoms with E-state index in [0.717, 1.165) is 36.5 Å². The number of ether oxygens (including phenoxy) is 3. The second-order valence-electron chi connectivity index (χ2n) is 7.68. The van der Waals surface area contributed by atoms with Gasteiger partial charge in [-0.3, -0.25) is 9.89 Å². The van der Waals surface area contributed by atoms with E-state index in [0.29, 0.717) is 29.4 Å². The van der Waals surface area contributed by atoms with Gasteiger partial charge in [-0.25, -0.2) is 0 Å². The van der Waals surface area contributed by atoms with Crippen molar-refractivity contribution in [3.63, 3.8) is 0 Å². The molecule has 0 saturated carbocycles. The third-order valence-electron chi connectivity index (χ3n) is 5.66. The molecule has 2 aromatic carbocycles. The first kappa shape index (κ1) is 21.5. The molecule has 1 aliphatic rings. The van der Waals surface area contributed by atoms with Gasteiger partial charge < -0.3 is 24.4 Å². The molecule has 0 bridgehead atoms. The van der Waals surface area contributed by atoms with Gasteiger partial charge in [-0.1, -0.05) is 30.3 Å². The van der Waals surface area contributed by atoms with Crippen LogP contribution < -0.4 is 24.4 Å². The molecule has 1 aromatic heterocycles. The monoisotopic (exact) mass is 436 g/mol. The van der Waals surface area contributed by atoms with Crippen molar-refractivity contribution in [1.82, 2.24) is 15.5 Å². The number of anilines is 1. The summed E-state index contributed by atoms with van der Waals surface area (Å²) in [7, 11) is 4.60. The highest BCUT2D eigenvalue weighted by Gasteiger charge is 2.25. The van der Waals surface area contributed by atoms with Gasteiger partial charge in [0.05, 0.1) is 27.0 Å². The van der Waals surface area contributed by atoms with E-state index in [1.165, 1.54) is 21.3 Å². The Bertz CT molecular complexity index is 1040. The van der Waals surface area contributed by atoms with Crippen molar-refractivity contribution in [3.8, 4) is 28.5 Å². The minimum Gasteiger partial charge on any atom is -0.493 e. The molecular formula is C24H28N4O4. The molecular weight excluding hydrogens is 408 g/mol. The number of benzene rings is 2. The molecule has 0 unspecified atom stereocenters. The Hall–Kier alpha value is -3.68. The number of aromatic amines is 1. The number of H-pyrrole nitrogens is 1. The molecule has 1 aliphatic heterocycles. The van der Waals surface area contributed by atoms with Crippen LogP contribution in [0.4, 0.5) is 5.82 Å². The largest absolute Gasteiger partial charge is 0.493 e. The summed E-state index contributed by atoms with van der Waals surface area (Å²) in [4.78, 5) is 15.2. The molecule has 1 amide bonds. The minimum absolute atomic E-state index is 0.00668. The highest BCUT2D eigenvalue weighted by Crippen LogP contribution is 2.38. The number of methoxy groups -OCH3 is 3. The Morgan fingerprint density at radius 3 is 2.44 bits per heavy atom. The first-order valence-corrected chi connectivity index (χ1v) is 10.6. The smallest absolute Gasteiger partial charge is 0.251 e. The van der Waals surface area contributed by atoms with Crippen molar-refractivity contribution >= 4 is 11.7 Å². The van der Waals surface area contributed by atoms with E-state index in [1.807, 2.05) is 30.3 Å². The van der Waals surface area contributed by atoms with Gasteiger partial charge in [0.1, 0.15) is 0 Å². The van der Waals surface area contributed by atoms with E-state index in [2.05, 4.69) is 26.5 Å². The summed E-state index contributed by atoms with van der Waals surface area (Å²) in [5, 5.41) is 10.8. The van der Waals surface area contributed by atoms with E-state index >= 15 is 0 Å². The van der Waals surface area contributed by atoms with E-state index in [1.54, 1.807) is 12.1 Å². The molecule has 0 aliphatic carbocycles. The van der Waals surface area contributed by atoms with Crippen molar-refractivity contribution in [2.24, 2.45) is 0 Å². The summed E-state index contributed by atoms with van der Waals surface area (Å²) in [6.45, 7) is 1.59. The summed E-state index contributed by atoms with van der Waals surface area (Å²) in [5.74, 6) is 2.07. The number of hydrogen-bond donors (Lipinski definition) is 2. The van der Waals surface area contributed by atoms with E-state index in [9.17, 15) is 4.79 Å². The van der Waals surface area contributed by atoms with E-state index < -0.39 is 0 Å². The zero-order valence-electron chi connectivity index (χ0n) is 18.6. The Balaban J connectivity index is 1.46. The molecule has 4 rings (SSSR count). The molecule has 1 fully saturated rings. The minimum atomic E-state index is -0.178. The first-order valence-electron chi connectivity index (χ1n) is 10.6. The highest BCUT2D eigenvalue weighted by atomic mass is 16.5. The van der Waals surface area contributed by atoms with E-state index in [-0.39, 0.29) is 11.9 Å². The van der Waals surface area contributed by atoms with Crippen LogP contribution in [0.1, 0.15) is 23.2 Å². The van der Waals surface area contributed by atoms with E-state index in [4.69, 9.17) is 14.2 Å². The average Bonchev–Trinajstić information content (AvgIpc) is 3.34. The van der Waals surface area contributed by atoms with Crippen molar-refractivity contribution < 1.29 is 19.0 Å². The predicted molar refractivity (Wildman–Crippen MR) is 123 cm³/mol. The van der Waals surface area contributed by atoms with Crippen LogP contribution in [0.25, 0.3) is 11.3 Å². The van der Waals surface area contributed by atoms with Gasteiger partial charge in [0.15, 0.2) is 17.3 Å². The number of piperidine rings is 1. The van der Waals surface area contributed by atoms with Crippen LogP contribution in [0.5, 0.6) is 17.2 Å². The number of aromatic nitrogens is 2. The number of amides is 1. The van der Waals surface area contributed by atoms with Gasteiger partial charge in [-0.2, -0.15) is 5.10 Å². The van der Waals surface area contributed by atoms with Gasteiger partial charge in [0.25, 0.3) is 5.91 Å². The quantitative estimate of drug-likeness (QED) is 0.589. The SMILES string of the molecule is COc1cc(C(=O)N[C@H]2CCCN(c3cc(-c4ccccc4)[nH]n3)C2)cc(OC)c1OC. The Labute approximate surface area is 187 Å². The highest BCUT2D eigenvalue weighted by molar-refractivity contribution is 5.96. The molecule has 2 heterocycles. The van der Waals surface area contributed by atoms with Gasteiger partial charge >= 0.3 is 0 Å². The van der Waals surface area contributed by atoms with Crippen LogP contribution in [-0.4, -0.2) is 56.6 Å². The third-order valence-corrected chi connectivity index (χ3v) is 5.66. The maximum atomic E-state index is 13.0. The summed E-state index contributed by atoms with van der Waals surface area (Å²) in [5.41, 5.74) is 2.53.